The Morgan fingerprint density at radius 1 is 1.26 bits per heavy atom. The number of benzene rings is 1. The third-order valence-corrected chi connectivity index (χ3v) is 5.20. The Labute approximate surface area is 122 Å². The predicted molar refractivity (Wildman–Crippen MR) is 78.9 cm³/mol. The van der Waals surface area contributed by atoms with Gasteiger partial charge in [-0.05, 0) is 58.8 Å². The van der Waals surface area contributed by atoms with Crippen LogP contribution in [0.2, 0.25) is 0 Å². The average Bonchev–Trinajstić information content (AvgIpc) is 3.01. The average molecular weight is 326 g/mol. The summed E-state index contributed by atoms with van der Waals surface area (Å²) in [5.41, 5.74) is 9.03. The summed E-state index contributed by atoms with van der Waals surface area (Å²) in [6.45, 7) is 6.84. The van der Waals surface area contributed by atoms with E-state index in [1.54, 1.807) is 0 Å². The monoisotopic (exact) mass is 325 g/mol. The van der Waals surface area contributed by atoms with Crippen molar-refractivity contribution < 1.29 is 9.47 Å². The second-order valence-electron chi connectivity index (χ2n) is 5.99. The van der Waals surface area contributed by atoms with Gasteiger partial charge < -0.3 is 15.2 Å². The standard InChI is InChI=1S/C15H20BrNO2/c1-8(2)12-10(15(4-5-15)9(3)17)6-11-14(13(12)16)19-7-18-11/h6,8-9H,4-5,7,17H2,1-3H3. The molecule has 0 bridgehead atoms. The Hall–Kier alpha value is -0.740. The van der Waals surface area contributed by atoms with Crippen molar-refractivity contribution in [3.05, 3.63) is 21.7 Å². The number of hydrogen-bond acceptors (Lipinski definition) is 3. The summed E-state index contributed by atoms with van der Waals surface area (Å²) in [5.74, 6) is 2.11. The molecule has 2 aliphatic rings. The van der Waals surface area contributed by atoms with E-state index in [1.807, 2.05) is 0 Å². The second kappa shape index (κ2) is 4.38. The van der Waals surface area contributed by atoms with Crippen LogP contribution in [0.4, 0.5) is 0 Å². The molecule has 0 amide bonds. The van der Waals surface area contributed by atoms with Gasteiger partial charge >= 0.3 is 0 Å². The molecule has 3 nitrogen and oxygen atoms in total. The van der Waals surface area contributed by atoms with Gasteiger partial charge in [-0.1, -0.05) is 13.8 Å². The predicted octanol–water partition coefficient (Wildman–Crippen LogP) is 3.68. The lowest BCUT2D eigenvalue weighted by molar-refractivity contribution is 0.173. The topological polar surface area (TPSA) is 44.5 Å². The maximum atomic E-state index is 6.24. The van der Waals surface area contributed by atoms with Gasteiger partial charge in [0.05, 0.1) is 4.47 Å². The van der Waals surface area contributed by atoms with E-state index >= 15 is 0 Å². The summed E-state index contributed by atoms with van der Waals surface area (Å²) in [4.78, 5) is 0. The summed E-state index contributed by atoms with van der Waals surface area (Å²) in [7, 11) is 0. The van der Waals surface area contributed by atoms with E-state index in [1.165, 1.54) is 11.1 Å². The van der Waals surface area contributed by atoms with Crippen LogP contribution in [0, 0.1) is 0 Å². The van der Waals surface area contributed by atoms with Gasteiger partial charge in [-0.2, -0.15) is 0 Å². The Morgan fingerprint density at radius 3 is 2.47 bits per heavy atom. The molecule has 0 radical (unpaired) electrons. The maximum absolute atomic E-state index is 6.24. The molecule has 104 valence electrons. The van der Waals surface area contributed by atoms with Gasteiger partial charge in [-0.25, -0.2) is 0 Å². The fraction of sp³-hybridized carbons (Fsp3) is 0.600. The highest BCUT2D eigenvalue weighted by atomic mass is 79.9. The molecule has 1 atom stereocenters. The largest absolute Gasteiger partial charge is 0.454 e. The highest BCUT2D eigenvalue weighted by Crippen LogP contribution is 2.56. The van der Waals surface area contributed by atoms with Crippen molar-refractivity contribution in [2.24, 2.45) is 5.73 Å². The lowest BCUT2D eigenvalue weighted by Crippen LogP contribution is -2.32. The summed E-state index contributed by atoms with van der Waals surface area (Å²) in [6, 6.07) is 2.32. The fourth-order valence-corrected chi connectivity index (χ4v) is 4.08. The smallest absolute Gasteiger partial charge is 0.231 e. The first-order valence-electron chi connectivity index (χ1n) is 6.85. The van der Waals surface area contributed by atoms with E-state index in [4.69, 9.17) is 15.2 Å². The molecule has 0 saturated heterocycles. The van der Waals surface area contributed by atoms with E-state index in [9.17, 15) is 0 Å². The number of nitrogens with two attached hydrogens (primary N) is 1. The fourth-order valence-electron chi connectivity index (χ4n) is 3.10. The van der Waals surface area contributed by atoms with Gasteiger partial charge in [-0.3, -0.25) is 0 Å². The number of fused-ring (bicyclic) bond motifs is 1. The molecule has 1 unspecified atom stereocenters. The first-order chi connectivity index (χ1) is 8.97. The van der Waals surface area contributed by atoms with Crippen LogP contribution in [0.15, 0.2) is 10.5 Å². The Bertz CT molecular complexity index is 521. The highest BCUT2D eigenvalue weighted by molar-refractivity contribution is 9.10. The van der Waals surface area contributed by atoms with E-state index in [2.05, 4.69) is 42.8 Å². The zero-order valence-corrected chi connectivity index (χ0v) is 13.2. The van der Waals surface area contributed by atoms with Gasteiger partial charge in [0.15, 0.2) is 11.5 Å². The van der Waals surface area contributed by atoms with Crippen LogP contribution in [-0.4, -0.2) is 12.8 Å². The normalized spacial score (nSPS) is 20.7. The molecular weight excluding hydrogens is 306 g/mol. The number of rotatable bonds is 3. The van der Waals surface area contributed by atoms with Crippen LogP contribution in [0.5, 0.6) is 11.5 Å². The van der Waals surface area contributed by atoms with Crippen LogP contribution < -0.4 is 15.2 Å². The van der Waals surface area contributed by atoms with Crippen molar-refractivity contribution in [3.8, 4) is 11.5 Å². The quantitative estimate of drug-likeness (QED) is 0.921. The van der Waals surface area contributed by atoms with Gasteiger partial charge in [0.25, 0.3) is 0 Å². The second-order valence-corrected chi connectivity index (χ2v) is 6.78. The molecule has 1 heterocycles. The van der Waals surface area contributed by atoms with E-state index < -0.39 is 0 Å². The van der Waals surface area contributed by atoms with E-state index in [-0.39, 0.29) is 11.5 Å². The summed E-state index contributed by atoms with van der Waals surface area (Å²) >= 11 is 3.71. The van der Waals surface area contributed by atoms with Gasteiger partial charge in [0, 0.05) is 11.5 Å². The molecule has 0 spiro atoms. The molecule has 3 rings (SSSR count). The molecular formula is C15H20BrNO2. The summed E-state index contributed by atoms with van der Waals surface area (Å²) in [5, 5.41) is 0. The van der Waals surface area contributed by atoms with Crippen LogP contribution in [0.1, 0.15) is 50.7 Å². The third kappa shape index (κ3) is 1.88. The van der Waals surface area contributed by atoms with Crippen LogP contribution in [0.3, 0.4) is 0 Å². The molecule has 4 heteroatoms. The number of halogens is 1. The van der Waals surface area contributed by atoms with Crippen LogP contribution in [-0.2, 0) is 5.41 Å². The van der Waals surface area contributed by atoms with Crippen molar-refractivity contribution in [3.63, 3.8) is 0 Å². The minimum atomic E-state index is 0.128. The van der Waals surface area contributed by atoms with Crippen molar-refractivity contribution in [2.75, 3.05) is 6.79 Å². The molecule has 19 heavy (non-hydrogen) atoms. The first kappa shape index (κ1) is 13.3. The molecule has 1 fully saturated rings. The van der Waals surface area contributed by atoms with Gasteiger partial charge in [-0.15, -0.1) is 0 Å². The Balaban J connectivity index is 2.21. The van der Waals surface area contributed by atoms with Crippen molar-refractivity contribution in [1.29, 1.82) is 0 Å². The van der Waals surface area contributed by atoms with E-state index in [0.29, 0.717) is 12.7 Å². The SMILES string of the molecule is CC(C)c1c(C2(C(C)N)CC2)cc2c(c1Br)OCO2. The molecule has 1 aromatic carbocycles. The zero-order chi connectivity index (χ0) is 13.8. The van der Waals surface area contributed by atoms with Gasteiger partial charge in [0.2, 0.25) is 6.79 Å². The minimum absolute atomic E-state index is 0.128. The molecule has 1 aliphatic carbocycles. The van der Waals surface area contributed by atoms with Crippen molar-refractivity contribution in [2.45, 2.75) is 51.0 Å². The van der Waals surface area contributed by atoms with Crippen LogP contribution in [0.25, 0.3) is 0 Å². The zero-order valence-electron chi connectivity index (χ0n) is 11.6. The minimum Gasteiger partial charge on any atom is -0.454 e. The van der Waals surface area contributed by atoms with Gasteiger partial charge in [0.1, 0.15) is 0 Å². The lowest BCUT2D eigenvalue weighted by Gasteiger charge is -2.26. The molecule has 2 N–H and O–H groups in total. The highest BCUT2D eigenvalue weighted by Gasteiger charge is 2.50. The Morgan fingerprint density at radius 2 is 1.95 bits per heavy atom. The molecule has 1 saturated carbocycles. The summed E-state index contributed by atoms with van der Waals surface area (Å²) < 4.78 is 12.2. The first-order valence-corrected chi connectivity index (χ1v) is 7.64. The van der Waals surface area contributed by atoms with Crippen LogP contribution >= 0.6 is 15.9 Å². The van der Waals surface area contributed by atoms with Crippen molar-refractivity contribution in [1.82, 2.24) is 0 Å². The van der Waals surface area contributed by atoms with E-state index in [0.717, 1.165) is 28.8 Å². The Kier molecular flexibility index (Phi) is 3.06. The lowest BCUT2D eigenvalue weighted by atomic mass is 9.82. The van der Waals surface area contributed by atoms with Crippen molar-refractivity contribution >= 4 is 15.9 Å². The molecule has 1 aliphatic heterocycles. The number of ether oxygens (including phenoxy) is 2. The maximum Gasteiger partial charge on any atom is 0.231 e. The number of hydrogen-bond donors (Lipinski definition) is 1. The molecule has 1 aromatic rings. The summed E-state index contributed by atoms with van der Waals surface area (Å²) in [6.07, 6.45) is 2.33. The third-order valence-electron chi connectivity index (χ3n) is 4.42. The molecule has 0 aromatic heterocycles.